The number of nitrogen functional groups attached to an aromatic ring is 2. The van der Waals surface area contributed by atoms with Crippen LogP contribution in [0.1, 0.15) is 56.3 Å². The van der Waals surface area contributed by atoms with Crippen LogP contribution >= 0.6 is 43.5 Å². The molecular formula is C85H80Br2ClN22O18Si2+7. The van der Waals surface area contributed by atoms with E-state index in [0.29, 0.717) is 77.7 Å². The second-order valence-corrected chi connectivity index (χ2v) is 43.1. The van der Waals surface area contributed by atoms with Crippen LogP contribution in [0.25, 0.3) is 79.1 Å². The lowest BCUT2D eigenvalue weighted by atomic mass is 10.1. The fraction of sp³-hybridized carbons (Fsp3) is 0.176. The summed E-state index contributed by atoms with van der Waals surface area (Å²) in [4.78, 5) is 112. The fourth-order valence-electron chi connectivity index (χ4n) is 13.5. The Hall–Kier alpha value is -15.8. The number of carboxylic acids is 1. The SMILES string of the molecule is C[Si](C)(C)C#Cc1cnc(-c2ncc(C#C[Si](C)(C)C)cc2O)c(N)c1.Cc1cc(C(=O)O)c2[n+](c1)C[n+]1cc(C)cc([N+](=O)[O-])c1-2.Cc1cc(N)c2[n+](c1)C[n+]1cc(C)cc(O)c1-2.Cc1cc2o[n+](=O)c3cc(C)c[n+]4c3c2[n+](c1)C4.O=[N+]([O-])c1cc(Br)cnc1-c1ncc(Br)cc1[N+](=O)[O-].O=[N+]([O-])c1cccnc1-c1ncccc1[N+](=O)[O-].O=[N+]([O-])c1cccnc1Cl.[HH]. The third kappa shape index (κ3) is 22.4. The average molecular weight is 1950 g/mol. The van der Waals surface area contributed by atoms with Crippen molar-refractivity contribution in [3.05, 3.63) is 307 Å². The number of nitrogens with zero attached hydrogens (tertiary/aromatic N) is 20. The zero-order valence-electron chi connectivity index (χ0n) is 71.1. The van der Waals surface area contributed by atoms with Gasteiger partial charge in [-0.05, 0) is 122 Å². The van der Waals surface area contributed by atoms with Gasteiger partial charge in [-0.3, -0.25) is 65.7 Å². The van der Waals surface area contributed by atoms with Crippen molar-refractivity contribution >= 4 is 133 Å². The molecule has 7 N–H and O–H groups in total. The molecule has 0 atom stereocenters. The normalized spacial score (nSPS) is 11.3. The van der Waals surface area contributed by atoms with Crippen LogP contribution in [0.4, 0.5) is 45.5 Å². The van der Waals surface area contributed by atoms with E-state index in [0.717, 1.165) is 68.0 Å². The Morgan fingerprint density at radius 1 is 0.446 bits per heavy atom. The van der Waals surface area contributed by atoms with Crippen LogP contribution in [0.3, 0.4) is 0 Å². The van der Waals surface area contributed by atoms with E-state index in [9.17, 15) is 85.7 Å². The van der Waals surface area contributed by atoms with Crippen molar-refractivity contribution in [2.45, 2.75) is 101 Å². The number of rotatable bonds is 10. The van der Waals surface area contributed by atoms with Gasteiger partial charge in [0, 0.05) is 147 Å². The van der Waals surface area contributed by atoms with Crippen LogP contribution in [0.2, 0.25) is 44.4 Å². The largest absolute Gasteiger partial charge is 0.506 e. The number of halogens is 3. The predicted molar refractivity (Wildman–Crippen MR) is 485 cm³/mol. The fourth-order valence-corrected chi connectivity index (χ4v) is 15.4. The molecule has 0 unspecified atom stereocenters. The van der Waals surface area contributed by atoms with Crippen molar-refractivity contribution < 1.29 is 87.6 Å². The molecule has 660 valence electrons. The van der Waals surface area contributed by atoms with Crippen LogP contribution in [-0.4, -0.2) is 102 Å². The summed E-state index contributed by atoms with van der Waals surface area (Å²) in [6.07, 6.45) is 21.8. The molecule has 17 heterocycles. The van der Waals surface area contributed by atoms with E-state index in [1.807, 2.05) is 62.9 Å². The van der Waals surface area contributed by atoms with Crippen LogP contribution in [0, 0.1) is 130 Å². The highest BCUT2D eigenvalue weighted by molar-refractivity contribution is 9.10. The van der Waals surface area contributed by atoms with E-state index in [1.165, 1.54) is 91.6 Å². The van der Waals surface area contributed by atoms with Gasteiger partial charge in [0.1, 0.15) is 44.5 Å². The number of aromatic carboxylic acids is 1. The topological polar surface area (TPSA) is 538 Å². The summed E-state index contributed by atoms with van der Waals surface area (Å²) in [5.41, 5.74) is 31.4. The maximum Gasteiger partial charge on any atom is 0.395 e. The molecule has 130 heavy (non-hydrogen) atoms. The summed E-state index contributed by atoms with van der Waals surface area (Å²) in [6.45, 7) is 26.4. The van der Waals surface area contributed by atoms with Gasteiger partial charge in [-0.25, -0.2) is 34.7 Å². The third-order valence-electron chi connectivity index (χ3n) is 18.6. The smallest absolute Gasteiger partial charge is 0.395 e. The highest BCUT2D eigenvalue weighted by Gasteiger charge is 2.46. The minimum absolute atomic E-state index is 0. The maximum atomic E-state index is 12.0. The lowest BCUT2D eigenvalue weighted by Crippen LogP contribution is -2.46. The molecule has 14 aromatic rings. The number of aryl methyl sites for hydroxylation is 6. The zero-order valence-corrected chi connectivity index (χ0v) is 77.0. The van der Waals surface area contributed by atoms with Gasteiger partial charge in [-0.2, -0.15) is 4.52 Å². The Morgan fingerprint density at radius 2 is 0.846 bits per heavy atom. The summed E-state index contributed by atoms with van der Waals surface area (Å²) >= 11 is 11.5. The number of anilines is 2. The molecule has 0 radical (unpaired) electrons. The van der Waals surface area contributed by atoms with Gasteiger partial charge >= 0.3 is 76.7 Å². The lowest BCUT2D eigenvalue weighted by molar-refractivity contribution is -0.877. The van der Waals surface area contributed by atoms with Crippen molar-refractivity contribution in [1.82, 2.24) is 34.9 Å². The first-order valence-corrected chi connectivity index (χ1v) is 47.5. The Labute approximate surface area is 762 Å². The van der Waals surface area contributed by atoms with Gasteiger partial charge in [0.05, 0.1) is 40.1 Å². The first-order valence-electron chi connectivity index (χ1n) is 38.5. The summed E-state index contributed by atoms with van der Waals surface area (Å²) in [5.74, 6) is 5.43. The van der Waals surface area contributed by atoms with Gasteiger partial charge in [-0.1, -0.05) is 62.7 Å². The highest BCUT2D eigenvalue weighted by Crippen LogP contribution is 2.38. The number of nitrogens with two attached hydrogens (primary N) is 2. The molecule has 0 spiro atoms. The molecule has 0 aromatic carbocycles. The number of hydrogen-bond donors (Lipinski definition) is 5. The molecule has 14 aromatic heterocycles. The quantitative estimate of drug-likeness (QED) is 0.0161. The molecule has 0 saturated heterocycles. The van der Waals surface area contributed by atoms with E-state index < -0.39 is 51.7 Å². The van der Waals surface area contributed by atoms with Crippen molar-refractivity contribution in [1.29, 1.82) is 0 Å². The first kappa shape index (κ1) is 94.9. The number of pyridine rings is 13. The molecule has 3 aliphatic rings. The summed E-state index contributed by atoms with van der Waals surface area (Å²) in [7, 11) is -2.95. The molecule has 3 aliphatic heterocycles. The zero-order chi connectivity index (χ0) is 95.0. The second-order valence-electron chi connectivity index (χ2n) is 31.4. The second kappa shape index (κ2) is 39.4. The Balaban J connectivity index is 0.000000160. The Morgan fingerprint density at radius 3 is 1.32 bits per heavy atom. The third-order valence-corrected chi connectivity index (χ3v) is 21.5. The summed E-state index contributed by atoms with van der Waals surface area (Å²) in [6, 6.07) is 24.2. The number of nitro groups is 6. The van der Waals surface area contributed by atoms with Crippen LogP contribution in [-0.2, 0) is 20.0 Å². The highest BCUT2D eigenvalue weighted by atomic mass is 79.9. The van der Waals surface area contributed by atoms with Gasteiger partial charge in [0.25, 0.3) is 32.9 Å². The number of carbonyl (C=O) groups is 1. The standard InChI is InChI=1S/C20H25N3OSi2.C14H12N3O4.C13H12N3O2.C13H13N3O.C10H4Br2N4O4.C10H6N4O4.C5H3ClN2O2.H2/c1-25(2,3)9-7-15-11-17(21)19(22-13-15)20-18(24)12-16(14-23-20)8-10-26(4,5)6;1-8-3-10(14(18)19)12-13-11(17(20)21)4-9(2)6-16(13)7-15(12)5-8;1-8-3-10-12-13-11(18-16(10)17)4-9(2)6-15(13)7-14(12)5-8;1-8-3-10(14)12-13-11(17)4-9(2)6-16(13)7-15(12)5-8;11-5-1-7(15(17)18)9(13-3-5)10-8(16(19)20)2-6(12)4-14-10;15-13(16)7-3-1-5-11-9(7)10-8(14(17)18)4-2-6-12-10;6-5-4(8(9)10)2-1-3-7-5;/h11-14,24H,21H2,1-6H3;3-6H,7H2,1-2H3;3-6H,7H2,1-2H3;3-6,14H,7H2,1-2H3;1-4H;1-6H;1-3H;1H/q;+1;+3;;;;;/p+3. The van der Waals surface area contributed by atoms with Crippen molar-refractivity contribution in [3.63, 3.8) is 0 Å². The number of aromatic hydroxyl groups is 2. The van der Waals surface area contributed by atoms with E-state index in [-0.39, 0.29) is 80.5 Å². The van der Waals surface area contributed by atoms with Crippen molar-refractivity contribution in [2.75, 3.05) is 11.5 Å². The van der Waals surface area contributed by atoms with E-state index in [2.05, 4.69) is 155 Å². The maximum absolute atomic E-state index is 12.0. The molecule has 0 fully saturated rings. The average Bonchev–Trinajstić information content (AvgIpc) is 1.59. The molecular weight excluding hydrogens is 1870 g/mol. The minimum Gasteiger partial charge on any atom is -0.506 e. The molecule has 40 nitrogen and oxygen atoms in total. The number of fused-ring (bicyclic) bond motifs is 6. The van der Waals surface area contributed by atoms with Gasteiger partial charge in [0.15, 0.2) is 65.7 Å². The molecule has 17 rings (SSSR count). The van der Waals surface area contributed by atoms with E-state index in [1.54, 1.807) is 66.0 Å². The lowest BCUT2D eigenvalue weighted by Gasteiger charge is -2.08. The van der Waals surface area contributed by atoms with Gasteiger partial charge in [-0.15, -0.1) is 38.5 Å². The van der Waals surface area contributed by atoms with Crippen LogP contribution < -0.4 is 43.5 Å². The van der Waals surface area contributed by atoms with E-state index in [4.69, 9.17) is 27.6 Å². The molecule has 0 aliphatic carbocycles. The van der Waals surface area contributed by atoms with Crippen LogP contribution in [0.15, 0.2) is 191 Å². The molecule has 0 bridgehead atoms. The van der Waals surface area contributed by atoms with Gasteiger partial charge in [0.2, 0.25) is 5.15 Å². The Kier molecular flexibility index (Phi) is 28.8. The van der Waals surface area contributed by atoms with Crippen LogP contribution in [0.5, 0.6) is 11.5 Å². The molecule has 0 saturated carbocycles. The minimum atomic E-state index is -1.48. The summed E-state index contributed by atoms with van der Waals surface area (Å²) < 4.78 is 18.5. The molecule has 0 amide bonds. The van der Waals surface area contributed by atoms with Crippen molar-refractivity contribution in [3.8, 4) is 91.4 Å². The van der Waals surface area contributed by atoms with Crippen molar-refractivity contribution in [2.24, 2.45) is 0 Å². The van der Waals surface area contributed by atoms with E-state index >= 15 is 0 Å². The summed E-state index contributed by atoms with van der Waals surface area (Å²) in [5, 5.41) is 94.9. The number of carboxylic acid groups (broad SMARTS) is 1. The number of aromatic nitrogens is 14. The van der Waals surface area contributed by atoms with Gasteiger partial charge < -0.3 is 26.8 Å². The Bertz CT molecular complexity index is 6960. The first-order chi connectivity index (χ1) is 61.2. The monoisotopic (exact) mass is 1950 g/mol. The number of hydrogen-bond acceptors (Lipinski definition) is 26. The molecule has 45 heteroatoms. The predicted octanol–water partition coefficient (Wildman–Crippen LogP) is 13.4.